The fourth-order valence-electron chi connectivity index (χ4n) is 2.31. The Kier molecular flexibility index (Phi) is 2.47. The predicted octanol–water partition coefficient (Wildman–Crippen LogP) is 3.54. The lowest BCUT2D eigenvalue weighted by atomic mass is 10.0. The molecule has 0 spiro atoms. The molecule has 0 bridgehead atoms. The minimum absolute atomic E-state index is 0.585. The standard InChI is InChI=1S/C13H14BrN3/c1-7-6-9(7)12-11(13(15)17-16-12)8-4-2-3-5-10(8)14/h2-5,7,9H,6H2,1H3,(H3,15,16,17). The monoisotopic (exact) mass is 291 g/mol. The van der Waals surface area contributed by atoms with Crippen LogP contribution in [0.1, 0.15) is 25.0 Å². The minimum Gasteiger partial charge on any atom is -0.382 e. The fourth-order valence-corrected chi connectivity index (χ4v) is 2.79. The van der Waals surface area contributed by atoms with Gasteiger partial charge in [-0.3, -0.25) is 5.10 Å². The number of aromatic amines is 1. The smallest absolute Gasteiger partial charge is 0.153 e. The first-order valence-electron chi connectivity index (χ1n) is 5.77. The van der Waals surface area contributed by atoms with Crippen LogP contribution in [0.2, 0.25) is 0 Å². The number of nitrogens with zero attached hydrogens (tertiary/aromatic N) is 1. The number of anilines is 1. The molecule has 17 heavy (non-hydrogen) atoms. The molecule has 1 saturated carbocycles. The van der Waals surface area contributed by atoms with Gasteiger partial charge in [0, 0.05) is 27.2 Å². The van der Waals surface area contributed by atoms with Crippen molar-refractivity contribution in [2.75, 3.05) is 5.73 Å². The summed E-state index contributed by atoms with van der Waals surface area (Å²) in [4.78, 5) is 0. The molecule has 88 valence electrons. The van der Waals surface area contributed by atoms with Gasteiger partial charge in [0.15, 0.2) is 5.82 Å². The van der Waals surface area contributed by atoms with E-state index in [0.29, 0.717) is 11.7 Å². The summed E-state index contributed by atoms with van der Waals surface area (Å²) in [5.74, 6) is 1.91. The van der Waals surface area contributed by atoms with Crippen LogP contribution in [-0.2, 0) is 0 Å². The Balaban J connectivity index is 2.14. The van der Waals surface area contributed by atoms with E-state index in [2.05, 4.69) is 39.1 Å². The van der Waals surface area contributed by atoms with Gasteiger partial charge >= 0.3 is 0 Å². The van der Waals surface area contributed by atoms with E-state index in [1.165, 1.54) is 12.1 Å². The van der Waals surface area contributed by atoms with Crippen LogP contribution >= 0.6 is 15.9 Å². The zero-order valence-electron chi connectivity index (χ0n) is 9.57. The van der Waals surface area contributed by atoms with Gasteiger partial charge in [-0.15, -0.1) is 0 Å². The van der Waals surface area contributed by atoms with Gasteiger partial charge in [0.25, 0.3) is 0 Å². The second-order valence-corrected chi connectivity index (χ2v) is 5.55. The van der Waals surface area contributed by atoms with Gasteiger partial charge in [-0.1, -0.05) is 41.1 Å². The van der Waals surface area contributed by atoms with Crippen molar-refractivity contribution in [1.29, 1.82) is 0 Å². The number of H-pyrrole nitrogens is 1. The molecular weight excluding hydrogens is 278 g/mol. The van der Waals surface area contributed by atoms with E-state index in [4.69, 9.17) is 5.73 Å². The molecular formula is C13H14BrN3. The summed E-state index contributed by atoms with van der Waals surface area (Å²) in [5.41, 5.74) is 9.35. The van der Waals surface area contributed by atoms with E-state index in [-0.39, 0.29) is 0 Å². The largest absolute Gasteiger partial charge is 0.382 e. The average molecular weight is 292 g/mol. The lowest BCUT2D eigenvalue weighted by Crippen LogP contribution is -1.91. The van der Waals surface area contributed by atoms with Gasteiger partial charge in [0.1, 0.15) is 0 Å². The van der Waals surface area contributed by atoms with E-state index in [1.54, 1.807) is 0 Å². The van der Waals surface area contributed by atoms with E-state index in [1.807, 2.05) is 18.2 Å². The third-order valence-electron chi connectivity index (χ3n) is 3.45. The summed E-state index contributed by atoms with van der Waals surface area (Å²) in [5, 5.41) is 7.26. The van der Waals surface area contributed by atoms with Gasteiger partial charge < -0.3 is 5.73 Å². The lowest BCUT2D eigenvalue weighted by Gasteiger charge is -2.06. The molecule has 0 amide bonds. The fraction of sp³-hybridized carbons (Fsp3) is 0.308. The number of benzene rings is 1. The first kappa shape index (κ1) is 10.8. The van der Waals surface area contributed by atoms with Crippen LogP contribution < -0.4 is 5.73 Å². The molecule has 3 rings (SSSR count). The highest BCUT2D eigenvalue weighted by molar-refractivity contribution is 9.10. The van der Waals surface area contributed by atoms with Gasteiger partial charge in [0.05, 0.1) is 0 Å². The Morgan fingerprint density at radius 2 is 2.12 bits per heavy atom. The summed E-state index contributed by atoms with van der Waals surface area (Å²) in [6.07, 6.45) is 1.22. The molecule has 0 radical (unpaired) electrons. The zero-order chi connectivity index (χ0) is 12.0. The van der Waals surface area contributed by atoms with Crippen molar-refractivity contribution in [2.24, 2.45) is 5.92 Å². The number of aromatic nitrogens is 2. The van der Waals surface area contributed by atoms with Crippen molar-refractivity contribution in [3.8, 4) is 11.1 Å². The number of rotatable bonds is 2. The third-order valence-corrected chi connectivity index (χ3v) is 4.14. The maximum atomic E-state index is 5.99. The normalized spacial score (nSPS) is 22.7. The molecule has 1 aromatic heterocycles. The Labute approximate surface area is 109 Å². The first-order chi connectivity index (χ1) is 8.18. The summed E-state index contributed by atoms with van der Waals surface area (Å²) < 4.78 is 1.06. The molecule has 1 heterocycles. The molecule has 3 N–H and O–H groups in total. The third kappa shape index (κ3) is 1.76. The summed E-state index contributed by atoms with van der Waals surface area (Å²) in [6.45, 7) is 2.26. The highest BCUT2D eigenvalue weighted by Crippen LogP contribution is 2.50. The Morgan fingerprint density at radius 3 is 2.76 bits per heavy atom. The van der Waals surface area contributed by atoms with E-state index >= 15 is 0 Å². The van der Waals surface area contributed by atoms with Crippen molar-refractivity contribution >= 4 is 21.7 Å². The Morgan fingerprint density at radius 1 is 1.41 bits per heavy atom. The number of halogens is 1. The molecule has 2 unspecified atom stereocenters. The van der Waals surface area contributed by atoms with Crippen LogP contribution in [0.15, 0.2) is 28.7 Å². The lowest BCUT2D eigenvalue weighted by molar-refractivity contribution is 0.873. The van der Waals surface area contributed by atoms with Crippen molar-refractivity contribution in [1.82, 2.24) is 10.2 Å². The number of nitrogen functional groups attached to an aromatic ring is 1. The Hall–Kier alpha value is -1.29. The van der Waals surface area contributed by atoms with Crippen molar-refractivity contribution in [3.05, 3.63) is 34.4 Å². The van der Waals surface area contributed by atoms with Crippen LogP contribution in [0.5, 0.6) is 0 Å². The predicted molar refractivity (Wildman–Crippen MR) is 72.7 cm³/mol. The summed E-state index contributed by atoms with van der Waals surface area (Å²) >= 11 is 3.57. The maximum Gasteiger partial charge on any atom is 0.153 e. The molecule has 1 aromatic carbocycles. The topological polar surface area (TPSA) is 54.7 Å². The zero-order valence-corrected chi connectivity index (χ0v) is 11.2. The van der Waals surface area contributed by atoms with Crippen LogP contribution in [0.3, 0.4) is 0 Å². The maximum absolute atomic E-state index is 5.99. The van der Waals surface area contributed by atoms with E-state index in [9.17, 15) is 0 Å². The molecule has 3 nitrogen and oxygen atoms in total. The number of nitrogens with two attached hydrogens (primary N) is 1. The molecule has 2 aromatic rings. The summed E-state index contributed by atoms with van der Waals surface area (Å²) in [6, 6.07) is 8.12. The van der Waals surface area contributed by atoms with E-state index in [0.717, 1.165) is 21.5 Å². The number of hydrogen-bond acceptors (Lipinski definition) is 2. The van der Waals surface area contributed by atoms with Crippen LogP contribution in [0, 0.1) is 5.92 Å². The van der Waals surface area contributed by atoms with E-state index < -0.39 is 0 Å². The molecule has 1 aliphatic rings. The number of nitrogens with one attached hydrogen (secondary N) is 1. The highest BCUT2D eigenvalue weighted by Gasteiger charge is 2.38. The molecule has 0 aliphatic heterocycles. The minimum atomic E-state index is 0.585. The van der Waals surface area contributed by atoms with Crippen LogP contribution in [-0.4, -0.2) is 10.2 Å². The molecule has 4 heteroatoms. The van der Waals surface area contributed by atoms with Gasteiger partial charge in [-0.2, -0.15) is 5.10 Å². The molecule has 1 aliphatic carbocycles. The molecule has 1 fully saturated rings. The molecule has 2 atom stereocenters. The van der Waals surface area contributed by atoms with Crippen molar-refractivity contribution < 1.29 is 0 Å². The average Bonchev–Trinajstić information content (AvgIpc) is 2.90. The SMILES string of the molecule is CC1CC1c1[nH]nc(N)c1-c1ccccc1Br. The van der Waals surface area contributed by atoms with Gasteiger partial charge in [-0.25, -0.2) is 0 Å². The second-order valence-electron chi connectivity index (χ2n) is 4.70. The first-order valence-corrected chi connectivity index (χ1v) is 6.56. The van der Waals surface area contributed by atoms with Crippen molar-refractivity contribution in [2.45, 2.75) is 19.3 Å². The Bertz CT molecular complexity index is 562. The van der Waals surface area contributed by atoms with Gasteiger partial charge in [0.2, 0.25) is 0 Å². The van der Waals surface area contributed by atoms with Crippen LogP contribution in [0.4, 0.5) is 5.82 Å². The van der Waals surface area contributed by atoms with Crippen molar-refractivity contribution in [3.63, 3.8) is 0 Å². The van der Waals surface area contributed by atoms with Gasteiger partial charge in [-0.05, 0) is 18.4 Å². The molecule has 0 saturated heterocycles. The number of hydrogen-bond donors (Lipinski definition) is 2. The summed E-state index contributed by atoms with van der Waals surface area (Å²) in [7, 11) is 0. The second kappa shape index (κ2) is 3.88. The highest BCUT2D eigenvalue weighted by atomic mass is 79.9. The quantitative estimate of drug-likeness (QED) is 0.889. The van der Waals surface area contributed by atoms with Crippen LogP contribution in [0.25, 0.3) is 11.1 Å².